The lowest BCUT2D eigenvalue weighted by Gasteiger charge is -2.13. The Morgan fingerprint density at radius 3 is 2.14 bits per heavy atom. The standard InChI is InChI=1S/C9H20O5/c1-2-3-13-6-9(12)7-14-5-8(11)4-10/h8-12H,2-7H2,1H3. The van der Waals surface area contributed by atoms with Gasteiger partial charge in [-0.05, 0) is 6.42 Å². The molecule has 0 amide bonds. The predicted molar refractivity (Wildman–Crippen MR) is 51.0 cm³/mol. The van der Waals surface area contributed by atoms with Gasteiger partial charge in [0.05, 0.1) is 26.4 Å². The van der Waals surface area contributed by atoms with Gasteiger partial charge >= 0.3 is 0 Å². The van der Waals surface area contributed by atoms with Crippen LogP contribution in [0.15, 0.2) is 0 Å². The molecule has 0 spiro atoms. The van der Waals surface area contributed by atoms with Gasteiger partial charge in [-0.1, -0.05) is 6.92 Å². The largest absolute Gasteiger partial charge is 0.394 e. The fourth-order valence-electron chi connectivity index (χ4n) is 0.805. The Balaban J connectivity index is 3.21. The van der Waals surface area contributed by atoms with Gasteiger partial charge in [-0.15, -0.1) is 0 Å². The van der Waals surface area contributed by atoms with Gasteiger partial charge in [-0.3, -0.25) is 0 Å². The van der Waals surface area contributed by atoms with Crippen molar-refractivity contribution < 1.29 is 24.8 Å². The van der Waals surface area contributed by atoms with Gasteiger partial charge < -0.3 is 24.8 Å². The maximum Gasteiger partial charge on any atom is 0.101 e. The number of hydrogen-bond donors (Lipinski definition) is 3. The molecule has 0 aromatic heterocycles. The highest BCUT2D eigenvalue weighted by Gasteiger charge is 2.06. The third-order valence-electron chi connectivity index (χ3n) is 1.49. The maximum atomic E-state index is 9.27. The predicted octanol–water partition coefficient (Wildman–Crippen LogP) is -0.856. The Kier molecular flexibility index (Phi) is 9.23. The summed E-state index contributed by atoms with van der Waals surface area (Å²) in [6, 6.07) is 0. The van der Waals surface area contributed by atoms with Crippen LogP contribution in [0, 0.1) is 0 Å². The fraction of sp³-hybridized carbons (Fsp3) is 1.00. The molecular formula is C9H20O5. The smallest absolute Gasteiger partial charge is 0.101 e. The summed E-state index contributed by atoms with van der Waals surface area (Å²) in [5, 5.41) is 26.6. The van der Waals surface area contributed by atoms with Crippen molar-refractivity contribution in [2.75, 3.05) is 33.0 Å². The summed E-state index contributed by atoms with van der Waals surface area (Å²) in [6.07, 6.45) is -0.636. The molecule has 0 bridgehead atoms. The summed E-state index contributed by atoms with van der Waals surface area (Å²) in [5.74, 6) is 0. The average molecular weight is 208 g/mol. The zero-order valence-electron chi connectivity index (χ0n) is 8.56. The van der Waals surface area contributed by atoms with Gasteiger partial charge in [0.15, 0.2) is 0 Å². The van der Waals surface area contributed by atoms with E-state index in [0.29, 0.717) is 6.61 Å². The summed E-state index contributed by atoms with van der Waals surface area (Å²) in [5.41, 5.74) is 0. The minimum Gasteiger partial charge on any atom is -0.394 e. The minimum absolute atomic E-state index is 0.0291. The highest BCUT2D eigenvalue weighted by atomic mass is 16.5. The van der Waals surface area contributed by atoms with Crippen LogP contribution in [0.1, 0.15) is 13.3 Å². The van der Waals surface area contributed by atoms with E-state index < -0.39 is 12.2 Å². The third kappa shape index (κ3) is 8.40. The first-order valence-corrected chi connectivity index (χ1v) is 4.83. The monoisotopic (exact) mass is 208 g/mol. The van der Waals surface area contributed by atoms with E-state index in [2.05, 4.69) is 0 Å². The Bertz CT molecular complexity index is 120. The van der Waals surface area contributed by atoms with Gasteiger partial charge in [0, 0.05) is 6.61 Å². The van der Waals surface area contributed by atoms with Crippen LogP contribution in [-0.2, 0) is 9.47 Å². The second kappa shape index (κ2) is 9.36. The lowest BCUT2D eigenvalue weighted by molar-refractivity contribution is -0.0477. The third-order valence-corrected chi connectivity index (χ3v) is 1.49. The molecule has 2 unspecified atom stereocenters. The summed E-state index contributed by atoms with van der Waals surface area (Å²) in [6.45, 7) is 2.66. The molecule has 0 aliphatic heterocycles. The summed E-state index contributed by atoms with van der Waals surface area (Å²) >= 11 is 0. The van der Waals surface area contributed by atoms with E-state index >= 15 is 0 Å². The molecule has 0 heterocycles. The highest BCUT2D eigenvalue weighted by molar-refractivity contribution is 4.54. The first kappa shape index (κ1) is 13.8. The van der Waals surface area contributed by atoms with Crippen LogP contribution in [0.25, 0.3) is 0 Å². The minimum atomic E-state index is -0.876. The second-order valence-electron chi connectivity index (χ2n) is 3.10. The summed E-state index contributed by atoms with van der Waals surface area (Å²) in [4.78, 5) is 0. The van der Waals surface area contributed by atoms with Crippen LogP contribution in [0.4, 0.5) is 0 Å². The first-order chi connectivity index (χ1) is 6.70. The number of hydrogen-bond acceptors (Lipinski definition) is 5. The molecule has 2 atom stereocenters. The summed E-state index contributed by atoms with van der Waals surface area (Å²) < 4.78 is 10.0. The SMILES string of the molecule is CCCOCC(O)COCC(O)CO. The van der Waals surface area contributed by atoms with Crippen molar-refractivity contribution in [2.45, 2.75) is 25.6 Å². The molecular weight excluding hydrogens is 188 g/mol. The van der Waals surface area contributed by atoms with Gasteiger partial charge in [0.25, 0.3) is 0 Å². The molecule has 0 aliphatic carbocycles. The number of rotatable bonds is 9. The maximum absolute atomic E-state index is 9.27. The number of aliphatic hydroxyl groups excluding tert-OH is 3. The molecule has 14 heavy (non-hydrogen) atoms. The van der Waals surface area contributed by atoms with Crippen molar-refractivity contribution >= 4 is 0 Å². The van der Waals surface area contributed by atoms with E-state index in [1.165, 1.54) is 0 Å². The van der Waals surface area contributed by atoms with Crippen molar-refractivity contribution in [3.63, 3.8) is 0 Å². The average Bonchev–Trinajstić information content (AvgIpc) is 2.18. The number of ether oxygens (including phenoxy) is 2. The molecule has 0 aromatic carbocycles. The molecule has 0 aliphatic rings. The zero-order chi connectivity index (χ0) is 10.8. The van der Waals surface area contributed by atoms with Gasteiger partial charge in [-0.25, -0.2) is 0 Å². The van der Waals surface area contributed by atoms with E-state index in [0.717, 1.165) is 6.42 Å². The molecule has 0 radical (unpaired) electrons. The Morgan fingerprint density at radius 1 is 1.00 bits per heavy atom. The molecule has 3 N–H and O–H groups in total. The van der Waals surface area contributed by atoms with Crippen molar-refractivity contribution in [1.82, 2.24) is 0 Å². The Hall–Kier alpha value is -0.200. The van der Waals surface area contributed by atoms with Crippen LogP contribution < -0.4 is 0 Å². The molecule has 5 nitrogen and oxygen atoms in total. The molecule has 0 fully saturated rings. The van der Waals surface area contributed by atoms with Crippen molar-refractivity contribution in [2.24, 2.45) is 0 Å². The van der Waals surface area contributed by atoms with Crippen LogP contribution in [0.3, 0.4) is 0 Å². The lowest BCUT2D eigenvalue weighted by Crippen LogP contribution is -2.26. The topological polar surface area (TPSA) is 79.2 Å². The number of aliphatic hydroxyl groups is 3. The Labute approximate surface area is 84.3 Å². The lowest BCUT2D eigenvalue weighted by atomic mass is 10.4. The zero-order valence-corrected chi connectivity index (χ0v) is 8.56. The summed E-state index contributed by atoms with van der Waals surface area (Å²) in [7, 11) is 0. The molecule has 0 saturated heterocycles. The van der Waals surface area contributed by atoms with Crippen molar-refractivity contribution in [3.05, 3.63) is 0 Å². The highest BCUT2D eigenvalue weighted by Crippen LogP contribution is 1.91. The molecule has 0 aromatic rings. The van der Waals surface area contributed by atoms with E-state index in [-0.39, 0.29) is 26.4 Å². The fourth-order valence-corrected chi connectivity index (χ4v) is 0.805. The van der Waals surface area contributed by atoms with E-state index in [4.69, 9.17) is 19.7 Å². The van der Waals surface area contributed by atoms with Gasteiger partial charge in [-0.2, -0.15) is 0 Å². The molecule has 5 heteroatoms. The molecule has 0 saturated carbocycles. The van der Waals surface area contributed by atoms with Crippen molar-refractivity contribution in [3.8, 4) is 0 Å². The van der Waals surface area contributed by atoms with Gasteiger partial charge in [0.2, 0.25) is 0 Å². The Morgan fingerprint density at radius 2 is 1.57 bits per heavy atom. The normalized spacial score (nSPS) is 15.4. The first-order valence-electron chi connectivity index (χ1n) is 4.83. The van der Waals surface area contributed by atoms with E-state index in [9.17, 15) is 5.11 Å². The van der Waals surface area contributed by atoms with Crippen LogP contribution in [-0.4, -0.2) is 60.6 Å². The van der Waals surface area contributed by atoms with Crippen LogP contribution >= 0.6 is 0 Å². The molecule has 86 valence electrons. The van der Waals surface area contributed by atoms with Crippen molar-refractivity contribution in [1.29, 1.82) is 0 Å². The van der Waals surface area contributed by atoms with Gasteiger partial charge in [0.1, 0.15) is 12.2 Å². The van der Waals surface area contributed by atoms with Crippen LogP contribution in [0.5, 0.6) is 0 Å². The van der Waals surface area contributed by atoms with E-state index in [1.807, 2.05) is 6.92 Å². The van der Waals surface area contributed by atoms with E-state index in [1.54, 1.807) is 0 Å². The second-order valence-corrected chi connectivity index (χ2v) is 3.10. The molecule has 0 rings (SSSR count). The van der Waals surface area contributed by atoms with Crippen LogP contribution in [0.2, 0.25) is 0 Å². The quantitative estimate of drug-likeness (QED) is 0.430.